The van der Waals surface area contributed by atoms with Crippen LogP contribution in [0.1, 0.15) is 25.0 Å². The maximum absolute atomic E-state index is 13.4. The lowest BCUT2D eigenvalue weighted by atomic mass is 10.0. The minimum absolute atomic E-state index is 0.253. The number of pyridine rings is 1. The standard InChI is InChI=1S/C21H25N3O3S/c25-28(26)20-7-2-1-6-19(20)27-21(10-12-23(15-21)13-17-8-9-17)16-24(28)14-18-5-3-4-11-22-18/h1-7,11,17H,8-10,12-16H2. The van der Waals surface area contributed by atoms with Crippen molar-refractivity contribution in [2.24, 2.45) is 5.92 Å². The van der Waals surface area contributed by atoms with Gasteiger partial charge in [-0.1, -0.05) is 18.2 Å². The van der Waals surface area contributed by atoms with Gasteiger partial charge in [0.25, 0.3) is 0 Å². The van der Waals surface area contributed by atoms with Crippen molar-refractivity contribution in [3.8, 4) is 5.75 Å². The van der Waals surface area contributed by atoms with Crippen molar-refractivity contribution in [2.75, 3.05) is 26.2 Å². The van der Waals surface area contributed by atoms with Gasteiger partial charge in [-0.05, 0) is 43.0 Å². The summed E-state index contributed by atoms with van der Waals surface area (Å²) in [6.45, 7) is 3.43. The van der Waals surface area contributed by atoms with Crippen LogP contribution in [0.2, 0.25) is 0 Å². The van der Waals surface area contributed by atoms with Gasteiger partial charge in [-0.25, -0.2) is 8.42 Å². The van der Waals surface area contributed by atoms with E-state index in [0.29, 0.717) is 12.3 Å². The van der Waals surface area contributed by atoms with E-state index in [2.05, 4.69) is 9.88 Å². The number of rotatable bonds is 4. The summed E-state index contributed by atoms with van der Waals surface area (Å²) in [6.07, 6.45) is 5.16. The molecule has 1 aliphatic carbocycles. The van der Waals surface area contributed by atoms with Crippen molar-refractivity contribution in [3.63, 3.8) is 0 Å². The van der Waals surface area contributed by atoms with E-state index in [1.807, 2.05) is 24.3 Å². The summed E-state index contributed by atoms with van der Waals surface area (Å²) < 4.78 is 34.9. The molecule has 0 bridgehead atoms. The van der Waals surface area contributed by atoms with Gasteiger partial charge in [-0.15, -0.1) is 0 Å². The first-order chi connectivity index (χ1) is 13.5. The summed E-state index contributed by atoms with van der Waals surface area (Å²) in [5.74, 6) is 1.28. The predicted molar refractivity (Wildman–Crippen MR) is 105 cm³/mol. The van der Waals surface area contributed by atoms with Crippen LogP contribution in [-0.2, 0) is 16.6 Å². The average molecular weight is 400 g/mol. The number of aromatic nitrogens is 1. The number of fused-ring (bicyclic) bond motifs is 1. The van der Waals surface area contributed by atoms with Gasteiger partial charge < -0.3 is 4.74 Å². The van der Waals surface area contributed by atoms with Gasteiger partial charge in [0.15, 0.2) is 0 Å². The van der Waals surface area contributed by atoms with E-state index in [9.17, 15) is 8.42 Å². The Bertz CT molecular complexity index is 962. The van der Waals surface area contributed by atoms with Gasteiger partial charge in [-0.3, -0.25) is 9.88 Å². The van der Waals surface area contributed by atoms with Gasteiger partial charge >= 0.3 is 0 Å². The van der Waals surface area contributed by atoms with Crippen LogP contribution in [0.15, 0.2) is 53.6 Å². The highest BCUT2D eigenvalue weighted by Gasteiger charge is 2.48. The van der Waals surface area contributed by atoms with E-state index < -0.39 is 15.6 Å². The van der Waals surface area contributed by atoms with Crippen molar-refractivity contribution < 1.29 is 13.2 Å². The van der Waals surface area contributed by atoms with Gasteiger partial charge in [0.05, 0.1) is 18.8 Å². The SMILES string of the molecule is O=S1(=O)c2ccccc2OC2(CCN(CC3CC3)C2)CN1Cc1ccccn1. The van der Waals surface area contributed by atoms with E-state index in [0.717, 1.165) is 37.7 Å². The molecule has 5 rings (SSSR count). The predicted octanol–water partition coefficient (Wildman–Crippen LogP) is 2.52. The zero-order chi connectivity index (χ0) is 19.2. The first kappa shape index (κ1) is 18.1. The van der Waals surface area contributed by atoms with Gasteiger partial charge in [0, 0.05) is 32.3 Å². The maximum atomic E-state index is 13.4. The van der Waals surface area contributed by atoms with Crippen molar-refractivity contribution >= 4 is 10.0 Å². The van der Waals surface area contributed by atoms with E-state index in [-0.39, 0.29) is 11.4 Å². The number of ether oxygens (including phenoxy) is 1. The molecule has 28 heavy (non-hydrogen) atoms. The van der Waals surface area contributed by atoms with Crippen molar-refractivity contribution in [1.29, 1.82) is 0 Å². The molecule has 1 unspecified atom stereocenters. The molecule has 1 spiro atoms. The van der Waals surface area contributed by atoms with Crippen LogP contribution >= 0.6 is 0 Å². The highest BCUT2D eigenvalue weighted by Crippen LogP contribution is 2.40. The number of nitrogens with zero attached hydrogens (tertiary/aromatic N) is 3. The molecular formula is C21H25N3O3S. The molecule has 148 valence electrons. The molecule has 1 aromatic heterocycles. The Morgan fingerprint density at radius 1 is 1.11 bits per heavy atom. The Labute approximate surface area is 166 Å². The summed E-state index contributed by atoms with van der Waals surface area (Å²) in [6, 6.07) is 12.6. The Kier molecular flexibility index (Phi) is 4.41. The second kappa shape index (κ2) is 6.83. The van der Waals surface area contributed by atoms with Crippen LogP contribution in [0.25, 0.3) is 0 Å². The third-order valence-electron chi connectivity index (χ3n) is 5.93. The molecule has 2 aliphatic heterocycles. The van der Waals surface area contributed by atoms with Gasteiger partial charge in [0.1, 0.15) is 16.2 Å². The number of hydrogen-bond donors (Lipinski definition) is 0. The van der Waals surface area contributed by atoms with Crippen molar-refractivity contribution in [2.45, 2.75) is 36.3 Å². The van der Waals surface area contributed by atoms with Crippen LogP contribution in [0.4, 0.5) is 0 Å². The normalized spacial score (nSPS) is 27.3. The minimum atomic E-state index is -3.66. The van der Waals surface area contributed by atoms with E-state index in [1.54, 1.807) is 28.7 Å². The highest BCUT2D eigenvalue weighted by atomic mass is 32.2. The lowest BCUT2D eigenvalue weighted by Crippen LogP contribution is -2.49. The second-order valence-corrected chi connectivity index (χ2v) is 10.2. The zero-order valence-corrected chi connectivity index (χ0v) is 16.6. The smallest absolute Gasteiger partial charge is 0.247 e. The third-order valence-corrected chi connectivity index (χ3v) is 7.76. The van der Waals surface area contributed by atoms with E-state index >= 15 is 0 Å². The number of benzene rings is 1. The highest BCUT2D eigenvalue weighted by molar-refractivity contribution is 7.89. The summed E-state index contributed by atoms with van der Waals surface area (Å²) >= 11 is 0. The molecule has 3 aliphatic rings. The molecular weight excluding hydrogens is 374 g/mol. The van der Waals surface area contributed by atoms with Crippen LogP contribution in [0.3, 0.4) is 0 Å². The molecule has 1 saturated carbocycles. The lowest BCUT2D eigenvalue weighted by molar-refractivity contribution is 0.0572. The summed E-state index contributed by atoms with van der Waals surface area (Å²) in [5.41, 5.74) is 0.233. The molecule has 1 atom stereocenters. The Hall–Kier alpha value is -1.96. The van der Waals surface area contributed by atoms with Gasteiger partial charge in [0.2, 0.25) is 10.0 Å². The Morgan fingerprint density at radius 2 is 1.93 bits per heavy atom. The fourth-order valence-electron chi connectivity index (χ4n) is 4.33. The molecule has 1 aromatic carbocycles. The Balaban J connectivity index is 1.50. The molecule has 2 aromatic rings. The fraction of sp³-hybridized carbons (Fsp3) is 0.476. The van der Waals surface area contributed by atoms with E-state index in [1.165, 1.54) is 12.8 Å². The number of hydrogen-bond acceptors (Lipinski definition) is 5. The summed E-state index contributed by atoms with van der Waals surface area (Å²) in [5, 5.41) is 0. The topological polar surface area (TPSA) is 62.7 Å². The molecule has 2 fully saturated rings. The lowest BCUT2D eigenvalue weighted by Gasteiger charge is -2.32. The maximum Gasteiger partial charge on any atom is 0.247 e. The second-order valence-electron chi connectivity index (χ2n) is 8.25. The molecule has 0 radical (unpaired) electrons. The molecule has 0 amide bonds. The van der Waals surface area contributed by atoms with Crippen LogP contribution in [0, 0.1) is 5.92 Å². The number of para-hydroxylation sites is 1. The monoisotopic (exact) mass is 399 g/mol. The van der Waals surface area contributed by atoms with Crippen LogP contribution < -0.4 is 4.74 Å². The van der Waals surface area contributed by atoms with Crippen molar-refractivity contribution in [1.82, 2.24) is 14.2 Å². The Morgan fingerprint density at radius 3 is 2.71 bits per heavy atom. The molecule has 0 N–H and O–H groups in total. The zero-order valence-electron chi connectivity index (χ0n) is 15.8. The average Bonchev–Trinajstić information content (AvgIpc) is 3.43. The minimum Gasteiger partial charge on any atom is -0.483 e. The third kappa shape index (κ3) is 3.43. The fourth-order valence-corrected chi connectivity index (χ4v) is 5.93. The van der Waals surface area contributed by atoms with Crippen LogP contribution in [0.5, 0.6) is 5.75 Å². The first-order valence-corrected chi connectivity index (χ1v) is 11.4. The molecule has 7 heteroatoms. The largest absolute Gasteiger partial charge is 0.483 e. The molecule has 3 heterocycles. The van der Waals surface area contributed by atoms with Gasteiger partial charge in [-0.2, -0.15) is 4.31 Å². The van der Waals surface area contributed by atoms with E-state index in [4.69, 9.17) is 4.74 Å². The summed E-state index contributed by atoms with van der Waals surface area (Å²) in [7, 11) is -3.66. The van der Waals surface area contributed by atoms with Crippen molar-refractivity contribution in [3.05, 3.63) is 54.4 Å². The quantitative estimate of drug-likeness (QED) is 0.791. The summed E-state index contributed by atoms with van der Waals surface area (Å²) in [4.78, 5) is 7.04. The van der Waals surface area contributed by atoms with Crippen LogP contribution in [-0.4, -0.2) is 54.4 Å². The number of sulfonamides is 1. The first-order valence-electron chi connectivity index (χ1n) is 9.95. The molecule has 1 saturated heterocycles. The number of likely N-dealkylation sites (tertiary alicyclic amines) is 1. The molecule has 6 nitrogen and oxygen atoms in total.